The summed E-state index contributed by atoms with van der Waals surface area (Å²) in [7, 11) is 1.37. The number of esters is 1. The van der Waals surface area contributed by atoms with Crippen LogP contribution in [0.25, 0.3) is 6.08 Å². The monoisotopic (exact) mass is 374 g/mol. The number of piperazine rings is 1. The first-order chi connectivity index (χ1) is 12.6. The van der Waals surface area contributed by atoms with E-state index in [1.165, 1.54) is 7.11 Å². The number of carbonyl (C=O) groups is 2. The van der Waals surface area contributed by atoms with E-state index in [0.29, 0.717) is 18.7 Å². The Morgan fingerprint density at radius 1 is 1.26 bits per heavy atom. The van der Waals surface area contributed by atoms with Crippen molar-refractivity contribution in [1.29, 1.82) is 0 Å². The van der Waals surface area contributed by atoms with Crippen LogP contribution in [0, 0.1) is 5.41 Å². The van der Waals surface area contributed by atoms with E-state index in [-0.39, 0.29) is 23.5 Å². The molecule has 0 bridgehead atoms. The Morgan fingerprint density at radius 3 is 2.44 bits per heavy atom. The molecule has 1 amide bonds. The number of carboxylic acid groups (broad SMARTS) is 1. The number of hydrogen-bond donors (Lipinski definition) is 1. The van der Waals surface area contributed by atoms with E-state index in [1.54, 1.807) is 11.0 Å². The fraction of sp³-hybridized carbons (Fsp3) is 0.524. The predicted molar refractivity (Wildman–Crippen MR) is 107 cm³/mol. The van der Waals surface area contributed by atoms with Crippen molar-refractivity contribution in [3.63, 3.8) is 0 Å². The number of allylic oxidation sites excluding steroid dienone is 1. The third-order valence-electron chi connectivity index (χ3n) is 5.10. The second-order valence-electron chi connectivity index (χ2n) is 7.99. The highest BCUT2D eigenvalue weighted by Gasteiger charge is 2.43. The third-order valence-corrected chi connectivity index (χ3v) is 5.10. The van der Waals surface area contributed by atoms with Crippen LogP contribution in [0.2, 0.25) is 0 Å². The van der Waals surface area contributed by atoms with Crippen LogP contribution in [0.1, 0.15) is 50.5 Å². The normalized spacial score (nSPS) is 20.8. The van der Waals surface area contributed by atoms with E-state index in [9.17, 15) is 14.7 Å². The average Bonchev–Trinajstić information content (AvgIpc) is 2.60. The highest BCUT2D eigenvalue weighted by Crippen LogP contribution is 2.36. The van der Waals surface area contributed by atoms with Crippen LogP contribution in [0.4, 0.5) is 10.5 Å². The van der Waals surface area contributed by atoms with Crippen molar-refractivity contribution in [3.05, 3.63) is 35.4 Å². The highest BCUT2D eigenvalue weighted by atomic mass is 16.5. The number of carbonyl (C=O) groups excluding carboxylic acids is 1. The first kappa shape index (κ1) is 20.8. The topological polar surface area (TPSA) is 70.1 Å². The zero-order chi connectivity index (χ0) is 20.4. The molecule has 1 heterocycles. The van der Waals surface area contributed by atoms with Crippen LogP contribution in [0.3, 0.4) is 0 Å². The molecule has 0 spiro atoms. The smallest absolute Gasteiger partial charge is 0.407 e. The molecule has 148 valence electrons. The van der Waals surface area contributed by atoms with E-state index in [0.717, 1.165) is 11.3 Å². The molecule has 0 aromatic heterocycles. The van der Waals surface area contributed by atoms with E-state index in [1.807, 2.05) is 31.2 Å². The van der Waals surface area contributed by atoms with E-state index in [4.69, 9.17) is 4.74 Å². The van der Waals surface area contributed by atoms with Crippen molar-refractivity contribution < 1.29 is 19.4 Å². The summed E-state index contributed by atoms with van der Waals surface area (Å²) in [6, 6.07) is 5.35. The van der Waals surface area contributed by atoms with Gasteiger partial charge in [0.15, 0.2) is 0 Å². The Labute approximate surface area is 161 Å². The number of ether oxygens (including phenoxy) is 1. The molecule has 6 heteroatoms. The number of amides is 1. The fourth-order valence-corrected chi connectivity index (χ4v) is 4.11. The highest BCUT2D eigenvalue weighted by molar-refractivity contribution is 5.91. The molecule has 2 rings (SSSR count). The summed E-state index contributed by atoms with van der Waals surface area (Å²) in [5, 5.41) is 9.65. The number of benzene rings is 1. The zero-order valence-corrected chi connectivity index (χ0v) is 17.0. The van der Waals surface area contributed by atoms with Crippen LogP contribution >= 0.6 is 0 Å². The third kappa shape index (κ3) is 4.26. The minimum absolute atomic E-state index is 0.0113. The molecule has 27 heavy (non-hydrogen) atoms. The number of nitrogens with zero attached hydrogens (tertiary/aromatic N) is 2. The summed E-state index contributed by atoms with van der Waals surface area (Å²) in [6.45, 7) is 11.2. The van der Waals surface area contributed by atoms with Gasteiger partial charge in [-0.2, -0.15) is 0 Å². The molecule has 1 aliphatic rings. The van der Waals surface area contributed by atoms with Crippen molar-refractivity contribution >= 4 is 23.8 Å². The van der Waals surface area contributed by atoms with Crippen LogP contribution < -0.4 is 4.90 Å². The fourth-order valence-electron chi connectivity index (χ4n) is 4.11. The average molecular weight is 374 g/mol. The molecule has 0 saturated carbocycles. The maximum Gasteiger partial charge on any atom is 0.407 e. The van der Waals surface area contributed by atoms with Crippen molar-refractivity contribution in [1.82, 2.24) is 4.90 Å². The van der Waals surface area contributed by atoms with Gasteiger partial charge in [0.2, 0.25) is 0 Å². The maximum atomic E-state index is 11.9. The molecule has 1 aliphatic heterocycles. The standard InChI is InChI=1S/C21H30N2O4/c1-7-8-15-13-16(19(24)27-6)9-10-17(15)22-11-12-23(20(25)26)18(14(22)2)21(3,4)5/h7-10,13-14,18H,11-12H2,1-6H3,(H,25,26). The number of hydrogen-bond acceptors (Lipinski definition) is 4. The molecule has 0 aliphatic carbocycles. The SMILES string of the molecule is CC=Cc1cc(C(=O)OC)ccc1N1CCN(C(=O)O)C(C(C)(C)C)C1C. The van der Waals surface area contributed by atoms with Gasteiger partial charge in [-0.1, -0.05) is 32.9 Å². The molecule has 1 N–H and O–H groups in total. The minimum atomic E-state index is -0.879. The Hall–Kier alpha value is -2.50. The molecular formula is C21H30N2O4. The molecular weight excluding hydrogens is 344 g/mol. The maximum absolute atomic E-state index is 11.9. The lowest BCUT2D eigenvalue weighted by Crippen LogP contribution is -2.64. The molecule has 0 radical (unpaired) electrons. The molecule has 1 fully saturated rings. The summed E-state index contributed by atoms with van der Waals surface area (Å²) in [6.07, 6.45) is 3.01. The van der Waals surface area contributed by atoms with Crippen LogP contribution in [0.5, 0.6) is 0 Å². The van der Waals surface area contributed by atoms with E-state index in [2.05, 4.69) is 32.6 Å². The van der Waals surface area contributed by atoms with Gasteiger partial charge in [0.05, 0.1) is 18.7 Å². The molecule has 2 unspecified atom stereocenters. The predicted octanol–water partition coefficient (Wildman–Crippen LogP) is 4.11. The number of anilines is 1. The van der Waals surface area contributed by atoms with Crippen LogP contribution in [-0.2, 0) is 4.74 Å². The molecule has 1 saturated heterocycles. The zero-order valence-electron chi connectivity index (χ0n) is 17.0. The number of rotatable bonds is 3. The second kappa shape index (κ2) is 8.03. The van der Waals surface area contributed by atoms with Crippen molar-refractivity contribution in [2.24, 2.45) is 5.41 Å². The summed E-state index contributed by atoms with van der Waals surface area (Å²) in [5.74, 6) is -0.372. The van der Waals surface area contributed by atoms with E-state index >= 15 is 0 Å². The van der Waals surface area contributed by atoms with Crippen molar-refractivity contribution in [3.8, 4) is 0 Å². The minimum Gasteiger partial charge on any atom is -0.465 e. The number of methoxy groups -OCH3 is 1. The lowest BCUT2D eigenvalue weighted by Gasteiger charge is -2.51. The lowest BCUT2D eigenvalue weighted by atomic mass is 9.79. The van der Waals surface area contributed by atoms with Crippen molar-refractivity contribution in [2.75, 3.05) is 25.1 Å². The van der Waals surface area contributed by atoms with Gasteiger partial charge in [0.25, 0.3) is 0 Å². The Kier molecular flexibility index (Phi) is 6.19. The molecule has 6 nitrogen and oxygen atoms in total. The summed E-state index contributed by atoms with van der Waals surface area (Å²) < 4.78 is 4.83. The second-order valence-corrected chi connectivity index (χ2v) is 7.99. The summed E-state index contributed by atoms with van der Waals surface area (Å²) in [4.78, 5) is 27.5. The molecule has 1 aromatic carbocycles. The molecule has 1 aromatic rings. The quantitative estimate of drug-likeness (QED) is 0.806. The Bertz CT molecular complexity index is 736. The van der Waals surface area contributed by atoms with Crippen LogP contribution in [-0.4, -0.2) is 54.4 Å². The van der Waals surface area contributed by atoms with Crippen LogP contribution in [0.15, 0.2) is 24.3 Å². The van der Waals surface area contributed by atoms with Crippen molar-refractivity contribution in [2.45, 2.75) is 46.7 Å². The van der Waals surface area contributed by atoms with Gasteiger partial charge in [-0.05, 0) is 43.0 Å². The van der Waals surface area contributed by atoms with Gasteiger partial charge in [0, 0.05) is 24.8 Å². The van der Waals surface area contributed by atoms with Gasteiger partial charge < -0.3 is 19.6 Å². The van der Waals surface area contributed by atoms with Gasteiger partial charge in [0.1, 0.15) is 0 Å². The Balaban J connectivity index is 2.48. The van der Waals surface area contributed by atoms with Gasteiger partial charge in [-0.15, -0.1) is 0 Å². The summed E-state index contributed by atoms with van der Waals surface area (Å²) >= 11 is 0. The largest absolute Gasteiger partial charge is 0.465 e. The van der Waals surface area contributed by atoms with E-state index < -0.39 is 6.09 Å². The van der Waals surface area contributed by atoms with Gasteiger partial charge >= 0.3 is 12.1 Å². The Morgan fingerprint density at radius 2 is 1.93 bits per heavy atom. The van der Waals surface area contributed by atoms with Gasteiger partial charge in [-0.25, -0.2) is 9.59 Å². The first-order valence-electron chi connectivity index (χ1n) is 9.23. The van der Waals surface area contributed by atoms with Gasteiger partial charge in [-0.3, -0.25) is 0 Å². The summed E-state index contributed by atoms with van der Waals surface area (Å²) in [5.41, 5.74) is 2.21. The lowest BCUT2D eigenvalue weighted by molar-refractivity contribution is 0.0562. The molecule has 2 atom stereocenters. The first-order valence-corrected chi connectivity index (χ1v) is 9.23.